The Morgan fingerprint density at radius 1 is 1.68 bits per heavy atom. The number of aryl methyl sites for hydroxylation is 1. The smallest absolute Gasteiger partial charge is 0.315 e. The predicted octanol–water partition coefficient (Wildman–Crippen LogP) is 0.886. The lowest BCUT2D eigenvalue weighted by Crippen LogP contribution is -2.14. The van der Waals surface area contributed by atoms with Gasteiger partial charge in [-0.25, -0.2) is 0 Å². The van der Waals surface area contributed by atoms with Crippen molar-refractivity contribution < 1.29 is 9.32 Å². The molecule has 100 valence electrons. The van der Waals surface area contributed by atoms with Crippen molar-refractivity contribution in [3.8, 4) is 0 Å². The molecule has 0 aliphatic rings. The summed E-state index contributed by atoms with van der Waals surface area (Å²) in [6.45, 7) is 5.91. The molecule has 2 heterocycles. The minimum absolute atomic E-state index is 0.0932. The van der Waals surface area contributed by atoms with Gasteiger partial charge in [-0.15, -0.1) is 16.8 Å². The summed E-state index contributed by atoms with van der Waals surface area (Å²) in [6, 6.07) is 0.0932. The highest BCUT2D eigenvalue weighted by molar-refractivity contribution is 7.99. The average molecular weight is 280 g/mol. The second-order valence-electron chi connectivity index (χ2n) is 3.54. The maximum atomic E-state index is 11.6. The summed E-state index contributed by atoms with van der Waals surface area (Å²) in [5.41, 5.74) is 0. The summed E-state index contributed by atoms with van der Waals surface area (Å²) in [7, 11) is 0. The predicted molar refractivity (Wildman–Crippen MR) is 68.6 cm³/mol. The summed E-state index contributed by atoms with van der Waals surface area (Å²) in [6.07, 6.45) is 3.32. The van der Waals surface area contributed by atoms with E-state index in [1.54, 1.807) is 23.9 Å². The molecule has 8 nitrogen and oxygen atoms in total. The lowest BCUT2D eigenvalue weighted by Gasteiger charge is -2.02. The molecule has 2 aromatic rings. The zero-order valence-electron chi connectivity index (χ0n) is 10.2. The van der Waals surface area contributed by atoms with Crippen LogP contribution in [0.3, 0.4) is 0 Å². The van der Waals surface area contributed by atoms with Crippen LogP contribution >= 0.6 is 11.8 Å². The number of allylic oxidation sites excluding steroid dienone is 1. The molecule has 2 aromatic heterocycles. The van der Waals surface area contributed by atoms with Gasteiger partial charge in [-0.3, -0.25) is 10.1 Å². The van der Waals surface area contributed by atoms with E-state index in [1.807, 2.05) is 0 Å². The average Bonchev–Trinajstić information content (AvgIpc) is 2.97. The van der Waals surface area contributed by atoms with Gasteiger partial charge in [-0.2, -0.15) is 4.98 Å². The molecule has 0 fully saturated rings. The van der Waals surface area contributed by atoms with Crippen LogP contribution in [0.5, 0.6) is 0 Å². The van der Waals surface area contributed by atoms with Crippen molar-refractivity contribution >= 4 is 23.7 Å². The van der Waals surface area contributed by atoms with E-state index >= 15 is 0 Å². The van der Waals surface area contributed by atoms with E-state index in [0.29, 0.717) is 17.5 Å². The Bertz CT molecular complexity index is 578. The van der Waals surface area contributed by atoms with Crippen LogP contribution in [0.25, 0.3) is 0 Å². The fourth-order valence-electron chi connectivity index (χ4n) is 1.25. The fourth-order valence-corrected chi connectivity index (χ4v) is 1.98. The fraction of sp³-hybridized carbons (Fsp3) is 0.300. The second kappa shape index (κ2) is 6.14. The van der Waals surface area contributed by atoms with Gasteiger partial charge in [0.05, 0.1) is 5.75 Å². The molecule has 0 radical (unpaired) electrons. The zero-order valence-corrected chi connectivity index (χ0v) is 11.1. The van der Waals surface area contributed by atoms with Gasteiger partial charge in [-0.1, -0.05) is 23.0 Å². The molecular weight excluding hydrogens is 268 g/mol. The lowest BCUT2D eigenvalue weighted by atomic mass is 10.6. The number of anilines is 1. The second-order valence-corrected chi connectivity index (χ2v) is 4.48. The Hall–Kier alpha value is -2.16. The molecule has 2 rings (SSSR count). The Balaban J connectivity index is 1.86. The maximum Gasteiger partial charge on any atom is 0.328 e. The van der Waals surface area contributed by atoms with Gasteiger partial charge >= 0.3 is 6.01 Å². The SMILES string of the molecule is C=CCn1cnnc1SCC(=O)Nc1nc(C)no1. The van der Waals surface area contributed by atoms with E-state index in [0.717, 1.165) is 0 Å². The molecule has 0 saturated carbocycles. The normalized spacial score (nSPS) is 10.4. The molecule has 0 unspecified atom stereocenters. The summed E-state index contributed by atoms with van der Waals surface area (Å²) >= 11 is 1.27. The molecule has 0 saturated heterocycles. The van der Waals surface area contributed by atoms with E-state index < -0.39 is 0 Å². The van der Waals surface area contributed by atoms with Crippen LogP contribution in [0.4, 0.5) is 6.01 Å². The van der Waals surface area contributed by atoms with Crippen molar-refractivity contribution in [1.29, 1.82) is 0 Å². The number of rotatable bonds is 6. The molecule has 19 heavy (non-hydrogen) atoms. The first-order valence-corrected chi connectivity index (χ1v) is 6.39. The van der Waals surface area contributed by atoms with Crippen LogP contribution < -0.4 is 5.32 Å². The van der Waals surface area contributed by atoms with Gasteiger partial charge in [0.15, 0.2) is 11.0 Å². The molecular formula is C10H12N6O2S. The van der Waals surface area contributed by atoms with Crippen molar-refractivity contribution in [2.45, 2.75) is 18.6 Å². The minimum Gasteiger partial charge on any atom is -0.315 e. The maximum absolute atomic E-state index is 11.6. The lowest BCUT2D eigenvalue weighted by molar-refractivity contribution is -0.114. The highest BCUT2D eigenvalue weighted by atomic mass is 32.2. The molecule has 0 bridgehead atoms. The molecule has 0 aromatic carbocycles. The molecule has 0 aliphatic heterocycles. The number of carbonyl (C=O) groups excluding carboxylic acids is 1. The Labute approximate surface area is 113 Å². The van der Waals surface area contributed by atoms with Crippen molar-refractivity contribution in [1.82, 2.24) is 24.9 Å². The summed E-state index contributed by atoms with van der Waals surface area (Å²) < 4.78 is 6.58. The van der Waals surface area contributed by atoms with Crippen LogP contribution in [-0.4, -0.2) is 36.6 Å². The Kier molecular flexibility index (Phi) is 4.29. The van der Waals surface area contributed by atoms with E-state index in [9.17, 15) is 4.79 Å². The first-order valence-electron chi connectivity index (χ1n) is 5.40. The van der Waals surface area contributed by atoms with Gasteiger partial charge < -0.3 is 9.09 Å². The van der Waals surface area contributed by atoms with Gasteiger partial charge in [-0.05, 0) is 6.92 Å². The highest BCUT2D eigenvalue weighted by Crippen LogP contribution is 2.15. The first kappa shape index (κ1) is 13.3. The summed E-state index contributed by atoms with van der Waals surface area (Å²) in [5.74, 6) is 0.396. The van der Waals surface area contributed by atoms with E-state index in [1.165, 1.54) is 11.8 Å². The minimum atomic E-state index is -0.248. The molecule has 9 heteroatoms. The van der Waals surface area contributed by atoms with Crippen LogP contribution in [-0.2, 0) is 11.3 Å². The van der Waals surface area contributed by atoms with Crippen LogP contribution in [0.15, 0.2) is 28.7 Å². The van der Waals surface area contributed by atoms with Crippen molar-refractivity contribution in [3.63, 3.8) is 0 Å². The number of hydrogen-bond donors (Lipinski definition) is 1. The standard InChI is InChI=1S/C10H12N6O2S/c1-3-4-16-6-11-14-10(16)19-5-8(17)13-9-12-7(2)15-18-9/h3,6H,1,4-5H2,2H3,(H,12,13,15,17). The zero-order chi connectivity index (χ0) is 13.7. The molecule has 0 aliphatic carbocycles. The van der Waals surface area contributed by atoms with Gasteiger partial charge in [0.1, 0.15) is 6.33 Å². The summed E-state index contributed by atoms with van der Waals surface area (Å²) in [4.78, 5) is 15.5. The van der Waals surface area contributed by atoms with Gasteiger partial charge in [0.2, 0.25) is 5.91 Å². The summed E-state index contributed by atoms with van der Waals surface area (Å²) in [5, 5.41) is 14.4. The molecule has 0 spiro atoms. The Morgan fingerprint density at radius 3 is 3.21 bits per heavy atom. The van der Waals surface area contributed by atoms with Gasteiger partial charge in [0.25, 0.3) is 0 Å². The Morgan fingerprint density at radius 2 is 2.53 bits per heavy atom. The van der Waals surface area contributed by atoms with Crippen LogP contribution in [0, 0.1) is 6.92 Å². The largest absolute Gasteiger partial charge is 0.328 e. The monoisotopic (exact) mass is 280 g/mol. The molecule has 0 atom stereocenters. The third-order valence-corrected chi connectivity index (χ3v) is 2.99. The van der Waals surface area contributed by atoms with E-state index in [-0.39, 0.29) is 17.7 Å². The van der Waals surface area contributed by atoms with Crippen molar-refractivity contribution in [2.75, 3.05) is 11.1 Å². The first-order chi connectivity index (χ1) is 9.19. The third kappa shape index (κ3) is 3.65. The number of nitrogens with one attached hydrogen (secondary N) is 1. The molecule has 1 N–H and O–H groups in total. The van der Waals surface area contributed by atoms with Gasteiger partial charge in [0, 0.05) is 6.54 Å². The van der Waals surface area contributed by atoms with Crippen molar-refractivity contribution in [2.24, 2.45) is 0 Å². The highest BCUT2D eigenvalue weighted by Gasteiger charge is 2.11. The van der Waals surface area contributed by atoms with Crippen LogP contribution in [0.2, 0.25) is 0 Å². The van der Waals surface area contributed by atoms with Crippen molar-refractivity contribution in [3.05, 3.63) is 24.8 Å². The number of amides is 1. The number of carbonyl (C=O) groups is 1. The quantitative estimate of drug-likeness (QED) is 0.619. The number of nitrogens with zero attached hydrogens (tertiary/aromatic N) is 5. The topological polar surface area (TPSA) is 98.7 Å². The number of hydrogen-bond acceptors (Lipinski definition) is 7. The number of aromatic nitrogens is 5. The van der Waals surface area contributed by atoms with E-state index in [4.69, 9.17) is 4.52 Å². The van der Waals surface area contributed by atoms with E-state index in [2.05, 4.69) is 32.2 Å². The number of thioether (sulfide) groups is 1. The third-order valence-electron chi connectivity index (χ3n) is 2.01. The van der Waals surface area contributed by atoms with Crippen LogP contribution in [0.1, 0.15) is 5.82 Å². The molecule has 1 amide bonds.